The lowest BCUT2D eigenvalue weighted by molar-refractivity contribution is 0.0602. The van der Waals surface area contributed by atoms with Crippen molar-refractivity contribution in [2.45, 2.75) is 4.90 Å². The van der Waals surface area contributed by atoms with Crippen molar-refractivity contribution in [2.24, 2.45) is 0 Å². The third-order valence-electron chi connectivity index (χ3n) is 4.95. The number of thiophene rings is 1. The van der Waals surface area contributed by atoms with Gasteiger partial charge in [-0.2, -0.15) is 4.31 Å². The number of benzene rings is 2. The number of anilines is 1. The van der Waals surface area contributed by atoms with Gasteiger partial charge in [-0.3, -0.25) is 0 Å². The minimum Gasteiger partial charge on any atom is -0.465 e. The number of hydrogen-bond acceptors (Lipinski definition) is 6. The average Bonchev–Trinajstić information content (AvgIpc) is 3.14. The van der Waals surface area contributed by atoms with Gasteiger partial charge < -0.3 is 9.64 Å². The third-order valence-corrected chi connectivity index (χ3v) is 8.21. The van der Waals surface area contributed by atoms with Gasteiger partial charge >= 0.3 is 5.97 Å². The molecule has 4 rings (SSSR count). The summed E-state index contributed by atoms with van der Waals surface area (Å²) in [5, 5.41) is 0.527. The number of fused-ring (bicyclic) bond motifs is 1. The number of hydrogen-bond donors (Lipinski definition) is 0. The molecule has 0 N–H and O–H groups in total. The van der Waals surface area contributed by atoms with Gasteiger partial charge in [0.2, 0.25) is 10.0 Å². The van der Waals surface area contributed by atoms with Gasteiger partial charge in [0, 0.05) is 42.0 Å². The van der Waals surface area contributed by atoms with Crippen LogP contribution in [-0.2, 0) is 14.8 Å². The zero-order chi connectivity index (χ0) is 20.6. The minimum atomic E-state index is -3.89. The molecule has 1 fully saturated rings. The number of sulfonamides is 1. The van der Waals surface area contributed by atoms with Crippen molar-refractivity contribution in [1.82, 2.24) is 4.31 Å². The largest absolute Gasteiger partial charge is 0.465 e. The molecule has 0 atom stereocenters. The highest BCUT2D eigenvalue weighted by Crippen LogP contribution is 2.37. The Hall–Kier alpha value is -2.49. The molecule has 0 radical (unpaired) electrons. The van der Waals surface area contributed by atoms with Gasteiger partial charge in [0.1, 0.15) is 15.6 Å². The van der Waals surface area contributed by atoms with Gasteiger partial charge in [-0.05, 0) is 30.3 Å². The molecular formula is C20H19FN2O4S2. The summed E-state index contributed by atoms with van der Waals surface area (Å²) in [7, 11) is -2.65. The summed E-state index contributed by atoms with van der Waals surface area (Å²) in [6.45, 7) is 1.48. The maximum atomic E-state index is 13.4. The first-order valence-corrected chi connectivity index (χ1v) is 11.3. The summed E-state index contributed by atoms with van der Waals surface area (Å²) in [4.78, 5) is 14.4. The number of halogens is 1. The second-order valence-electron chi connectivity index (χ2n) is 6.62. The molecule has 29 heavy (non-hydrogen) atoms. The molecule has 0 aliphatic carbocycles. The van der Waals surface area contributed by atoms with E-state index in [1.807, 2.05) is 4.90 Å². The Morgan fingerprint density at radius 3 is 2.34 bits per heavy atom. The smallest absolute Gasteiger partial charge is 0.349 e. The molecule has 3 aromatic rings. The lowest BCUT2D eigenvalue weighted by Gasteiger charge is -2.35. The number of methoxy groups -OCH3 is 1. The summed E-state index contributed by atoms with van der Waals surface area (Å²) in [6, 6.07) is 13.2. The van der Waals surface area contributed by atoms with Crippen molar-refractivity contribution in [3.8, 4) is 0 Å². The number of nitrogens with zero attached hydrogens (tertiary/aromatic N) is 2. The van der Waals surface area contributed by atoms with Gasteiger partial charge in [-0.25, -0.2) is 17.6 Å². The first-order valence-electron chi connectivity index (χ1n) is 9.02. The van der Waals surface area contributed by atoms with E-state index in [1.165, 1.54) is 23.5 Å². The summed E-state index contributed by atoms with van der Waals surface area (Å²) >= 11 is 1.12. The maximum Gasteiger partial charge on any atom is 0.349 e. The first-order chi connectivity index (χ1) is 13.9. The van der Waals surface area contributed by atoms with Gasteiger partial charge in [0.05, 0.1) is 7.11 Å². The van der Waals surface area contributed by atoms with Crippen LogP contribution >= 0.6 is 11.3 Å². The fourth-order valence-corrected chi connectivity index (χ4v) is 6.67. The molecule has 0 unspecified atom stereocenters. The number of piperazine rings is 1. The highest BCUT2D eigenvalue weighted by molar-refractivity contribution is 7.89. The molecule has 1 aliphatic heterocycles. The van der Waals surface area contributed by atoms with Crippen LogP contribution in [0.2, 0.25) is 0 Å². The molecule has 2 aromatic carbocycles. The maximum absolute atomic E-state index is 13.4. The molecule has 1 saturated heterocycles. The normalized spacial score (nSPS) is 15.6. The predicted molar refractivity (Wildman–Crippen MR) is 111 cm³/mol. The molecule has 2 heterocycles. The van der Waals surface area contributed by atoms with Gasteiger partial charge in [0.15, 0.2) is 0 Å². The van der Waals surface area contributed by atoms with Crippen LogP contribution in [0.15, 0.2) is 53.4 Å². The van der Waals surface area contributed by atoms with Crippen LogP contribution in [0.25, 0.3) is 10.1 Å². The van der Waals surface area contributed by atoms with Crippen molar-refractivity contribution < 1.29 is 22.3 Å². The van der Waals surface area contributed by atoms with Crippen molar-refractivity contribution in [3.63, 3.8) is 0 Å². The van der Waals surface area contributed by atoms with E-state index in [-0.39, 0.29) is 28.7 Å². The van der Waals surface area contributed by atoms with E-state index in [9.17, 15) is 17.6 Å². The lowest BCUT2D eigenvalue weighted by Crippen LogP contribution is -2.48. The Morgan fingerprint density at radius 1 is 1.03 bits per heavy atom. The van der Waals surface area contributed by atoms with Crippen LogP contribution in [0.3, 0.4) is 0 Å². The molecule has 6 nitrogen and oxygen atoms in total. The van der Waals surface area contributed by atoms with E-state index in [0.29, 0.717) is 18.5 Å². The third kappa shape index (κ3) is 3.61. The van der Waals surface area contributed by atoms with Crippen molar-refractivity contribution in [2.75, 3.05) is 38.2 Å². The van der Waals surface area contributed by atoms with E-state index >= 15 is 0 Å². The average molecular weight is 435 g/mol. The molecule has 9 heteroatoms. The first kappa shape index (κ1) is 19.8. The van der Waals surface area contributed by atoms with Crippen molar-refractivity contribution in [1.29, 1.82) is 0 Å². The predicted octanol–water partition coefficient (Wildman–Crippen LogP) is 3.34. The summed E-state index contributed by atoms with van der Waals surface area (Å²) < 4.78 is 47.0. The van der Waals surface area contributed by atoms with Gasteiger partial charge in [0.25, 0.3) is 0 Å². The summed E-state index contributed by atoms with van der Waals surface area (Å²) in [5.41, 5.74) is 0.847. The molecule has 0 bridgehead atoms. The quantitative estimate of drug-likeness (QED) is 0.590. The Morgan fingerprint density at radius 2 is 1.69 bits per heavy atom. The monoisotopic (exact) mass is 434 g/mol. The Bertz CT molecular complexity index is 1150. The molecule has 0 amide bonds. The Balaban J connectivity index is 1.64. The molecule has 0 saturated carbocycles. The van der Waals surface area contributed by atoms with E-state index in [4.69, 9.17) is 4.74 Å². The topological polar surface area (TPSA) is 66.9 Å². The highest BCUT2D eigenvalue weighted by Gasteiger charge is 2.35. The van der Waals surface area contributed by atoms with Crippen molar-refractivity contribution >= 4 is 43.1 Å². The van der Waals surface area contributed by atoms with Crippen LogP contribution in [0.4, 0.5) is 10.1 Å². The summed E-state index contributed by atoms with van der Waals surface area (Å²) in [6.07, 6.45) is 0. The zero-order valence-electron chi connectivity index (χ0n) is 15.7. The minimum absolute atomic E-state index is 0.0141. The lowest BCUT2D eigenvalue weighted by atomic mass is 10.2. The number of carbonyl (C=O) groups excluding carboxylic acids is 1. The van der Waals surface area contributed by atoms with Crippen LogP contribution in [0.1, 0.15) is 9.67 Å². The Kier molecular flexibility index (Phi) is 5.28. The fourth-order valence-electron chi connectivity index (χ4n) is 3.47. The zero-order valence-corrected chi connectivity index (χ0v) is 17.3. The summed E-state index contributed by atoms with van der Waals surface area (Å²) in [5.74, 6) is -0.968. The van der Waals surface area contributed by atoms with Crippen molar-refractivity contribution in [3.05, 3.63) is 59.2 Å². The second kappa shape index (κ2) is 7.74. The standard InChI is InChI=1S/C20H19FN2O4S2/c1-27-20(24)18-19(16-4-2-3-5-17(16)28-18)29(25,26)23-12-10-22(11-13-23)15-8-6-14(21)7-9-15/h2-9H,10-13H2,1H3. The number of rotatable bonds is 4. The van der Waals surface area contributed by atoms with Gasteiger partial charge in [-0.1, -0.05) is 18.2 Å². The van der Waals surface area contributed by atoms with E-state index in [0.717, 1.165) is 21.7 Å². The number of esters is 1. The van der Waals surface area contributed by atoms with Crippen LogP contribution in [0, 0.1) is 5.82 Å². The number of carbonyl (C=O) groups is 1. The van der Waals surface area contributed by atoms with Crippen LogP contribution < -0.4 is 4.90 Å². The SMILES string of the molecule is COC(=O)c1sc2ccccc2c1S(=O)(=O)N1CCN(c2ccc(F)cc2)CC1. The van der Waals surface area contributed by atoms with E-state index in [1.54, 1.807) is 36.4 Å². The van der Waals surface area contributed by atoms with Crippen LogP contribution in [-0.4, -0.2) is 52.0 Å². The van der Waals surface area contributed by atoms with E-state index in [2.05, 4.69) is 0 Å². The highest BCUT2D eigenvalue weighted by atomic mass is 32.2. The Labute approximate surface area is 172 Å². The van der Waals surface area contributed by atoms with Gasteiger partial charge in [-0.15, -0.1) is 11.3 Å². The molecular weight excluding hydrogens is 415 g/mol. The second-order valence-corrected chi connectivity index (χ2v) is 9.54. The van der Waals surface area contributed by atoms with E-state index < -0.39 is 16.0 Å². The number of ether oxygens (including phenoxy) is 1. The fraction of sp³-hybridized carbons (Fsp3) is 0.250. The molecule has 1 aliphatic rings. The van der Waals surface area contributed by atoms with Crippen LogP contribution in [0.5, 0.6) is 0 Å². The molecule has 1 aromatic heterocycles. The molecule has 152 valence electrons. The molecule has 0 spiro atoms.